The molecular formula is C15H24O2. The average Bonchev–Trinajstić information content (AvgIpc) is 2.46. The first kappa shape index (κ1) is 11.7. The van der Waals surface area contributed by atoms with E-state index in [-0.39, 0.29) is 10.8 Å². The van der Waals surface area contributed by atoms with Gasteiger partial charge in [0.1, 0.15) is 5.78 Å². The van der Waals surface area contributed by atoms with Crippen molar-refractivity contribution >= 4 is 5.78 Å². The van der Waals surface area contributed by atoms with E-state index in [4.69, 9.17) is 0 Å². The summed E-state index contributed by atoms with van der Waals surface area (Å²) in [6.45, 7) is 8.69. The van der Waals surface area contributed by atoms with Crippen molar-refractivity contribution in [3.8, 4) is 0 Å². The van der Waals surface area contributed by atoms with Gasteiger partial charge in [0.25, 0.3) is 0 Å². The third kappa shape index (κ3) is 1.01. The van der Waals surface area contributed by atoms with Crippen LogP contribution in [0.25, 0.3) is 0 Å². The first-order chi connectivity index (χ1) is 7.67. The van der Waals surface area contributed by atoms with Gasteiger partial charge in [0, 0.05) is 17.3 Å². The third-order valence-electron chi connectivity index (χ3n) is 6.61. The molecule has 0 radical (unpaired) electrons. The summed E-state index contributed by atoms with van der Waals surface area (Å²) in [4.78, 5) is 12.4. The highest BCUT2D eigenvalue weighted by molar-refractivity contribution is 5.87. The lowest BCUT2D eigenvalue weighted by Crippen LogP contribution is -2.70. The third-order valence-corrected chi connectivity index (χ3v) is 6.61. The van der Waals surface area contributed by atoms with Gasteiger partial charge >= 0.3 is 0 Å². The molecular weight excluding hydrogens is 212 g/mol. The lowest BCUT2D eigenvalue weighted by molar-refractivity contribution is -0.257. The Morgan fingerprint density at radius 3 is 2.41 bits per heavy atom. The predicted octanol–water partition coefficient (Wildman–Crippen LogP) is 2.93. The second-order valence-corrected chi connectivity index (χ2v) is 7.76. The highest BCUT2D eigenvalue weighted by Gasteiger charge is 2.78. The molecule has 1 spiro atoms. The number of aliphatic hydroxyl groups is 1. The Morgan fingerprint density at radius 1 is 1.18 bits per heavy atom. The lowest BCUT2D eigenvalue weighted by atomic mass is 9.35. The Bertz CT molecular complexity index is 396. The fourth-order valence-corrected chi connectivity index (χ4v) is 5.78. The summed E-state index contributed by atoms with van der Waals surface area (Å²) in [7, 11) is 0. The molecule has 0 bridgehead atoms. The highest BCUT2D eigenvalue weighted by atomic mass is 16.3. The van der Waals surface area contributed by atoms with E-state index in [0.29, 0.717) is 30.0 Å². The summed E-state index contributed by atoms with van der Waals surface area (Å²) in [5, 5.41) is 10.9. The van der Waals surface area contributed by atoms with Crippen LogP contribution in [-0.4, -0.2) is 16.5 Å². The molecule has 0 aromatic heterocycles. The summed E-state index contributed by atoms with van der Waals surface area (Å²) in [6.07, 6.45) is 4.34. The van der Waals surface area contributed by atoms with E-state index in [2.05, 4.69) is 20.8 Å². The van der Waals surface area contributed by atoms with Gasteiger partial charge in [-0.3, -0.25) is 4.79 Å². The van der Waals surface area contributed by atoms with Gasteiger partial charge in [0.2, 0.25) is 0 Å². The SMILES string of the molecule is CC1(C)C[C@]23[C@H]1CC[C@@]2(C)C(=O)CC[C@@]3(C)O. The van der Waals surface area contributed by atoms with Crippen LogP contribution < -0.4 is 0 Å². The first-order valence-corrected chi connectivity index (χ1v) is 6.93. The molecule has 17 heavy (non-hydrogen) atoms. The van der Waals surface area contributed by atoms with Crippen molar-refractivity contribution in [1.82, 2.24) is 0 Å². The van der Waals surface area contributed by atoms with Crippen LogP contribution in [-0.2, 0) is 4.79 Å². The topological polar surface area (TPSA) is 37.3 Å². The van der Waals surface area contributed by atoms with Crippen LogP contribution in [0.5, 0.6) is 0 Å². The normalized spacial score (nSPS) is 56.1. The molecule has 0 aromatic rings. The van der Waals surface area contributed by atoms with Crippen LogP contribution in [0.15, 0.2) is 0 Å². The Hall–Kier alpha value is -0.370. The van der Waals surface area contributed by atoms with Crippen LogP contribution >= 0.6 is 0 Å². The maximum Gasteiger partial charge on any atom is 0.139 e. The highest BCUT2D eigenvalue weighted by Crippen LogP contribution is 2.79. The number of hydrogen-bond acceptors (Lipinski definition) is 2. The average molecular weight is 236 g/mol. The predicted molar refractivity (Wildman–Crippen MR) is 66.5 cm³/mol. The molecule has 1 N–H and O–H groups in total. The van der Waals surface area contributed by atoms with Gasteiger partial charge in [0.15, 0.2) is 0 Å². The molecule has 3 aliphatic rings. The molecule has 3 saturated carbocycles. The fraction of sp³-hybridized carbons (Fsp3) is 0.933. The number of rotatable bonds is 0. The molecule has 0 aromatic carbocycles. The van der Waals surface area contributed by atoms with Crippen molar-refractivity contribution in [3.63, 3.8) is 0 Å². The Morgan fingerprint density at radius 2 is 1.82 bits per heavy atom. The van der Waals surface area contributed by atoms with Gasteiger partial charge < -0.3 is 5.11 Å². The van der Waals surface area contributed by atoms with Crippen molar-refractivity contribution in [2.24, 2.45) is 22.2 Å². The minimum Gasteiger partial charge on any atom is -0.390 e. The minimum atomic E-state index is -0.646. The standard InChI is InChI=1S/C15H24O2/c1-12(2)9-15-10(12)5-7-13(15,3)11(16)6-8-14(15,4)17/h10,17H,5-9H2,1-4H3/t10-,13-,14+,15-/m0/s1. The molecule has 2 nitrogen and oxygen atoms in total. The summed E-state index contributed by atoms with van der Waals surface area (Å²) in [5.41, 5.74) is -0.723. The van der Waals surface area contributed by atoms with Gasteiger partial charge in [-0.2, -0.15) is 0 Å². The van der Waals surface area contributed by atoms with Crippen molar-refractivity contribution < 1.29 is 9.90 Å². The van der Waals surface area contributed by atoms with Crippen LogP contribution in [0.3, 0.4) is 0 Å². The lowest BCUT2D eigenvalue weighted by Gasteiger charge is -2.69. The molecule has 0 amide bonds. The zero-order chi connectivity index (χ0) is 12.7. The molecule has 0 aliphatic heterocycles. The van der Waals surface area contributed by atoms with Gasteiger partial charge in [-0.25, -0.2) is 0 Å². The maximum absolute atomic E-state index is 12.4. The summed E-state index contributed by atoms with van der Waals surface area (Å²) >= 11 is 0. The van der Waals surface area contributed by atoms with E-state index in [1.54, 1.807) is 0 Å². The molecule has 3 fully saturated rings. The van der Waals surface area contributed by atoms with E-state index in [1.807, 2.05) is 6.92 Å². The summed E-state index contributed by atoms with van der Waals surface area (Å²) in [6, 6.07) is 0. The molecule has 0 heterocycles. The van der Waals surface area contributed by atoms with Crippen molar-refractivity contribution in [2.75, 3.05) is 0 Å². The number of Topliss-reactive ketones (excluding diaryl/α,β-unsaturated/α-hetero) is 1. The first-order valence-electron chi connectivity index (χ1n) is 6.93. The molecule has 2 heteroatoms. The molecule has 4 atom stereocenters. The number of ketones is 1. The van der Waals surface area contributed by atoms with Crippen LogP contribution in [0, 0.1) is 22.2 Å². The largest absolute Gasteiger partial charge is 0.390 e. The van der Waals surface area contributed by atoms with Crippen molar-refractivity contribution in [2.45, 2.75) is 65.4 Å². The Kier molecular flexibility index (Phi) is 1.92. The van der Waals surface area contributed by atoms with E-state index in [9.17, 15) is 9.90 Å². The number of carbonyl (C=O) groups is 1. The van der Waals surface area contributed by atoms with Gasteiger partial charge in [-0.1, -0.05) is 20.8 Å². The molecule has 0 unspecified atom stereocenters. The van der Waals surface area contributed by atoms with E-state index >= 15 is 0 Å². The zero-order valence-electron chi connectivity index (χ0n) is 11.5. The second kappa shape index (κ2) is 2.79. The quantitative estimate of drug-likeness (QED) is 0.702. The van der Waals surface area contributed by atoms with Crippen LogP contribution in [0.2, 0.25) is 0 Å². The van der Waals surface area contributed by atoms with Crippen LogP contribution in [0.1, 0.15) is 59.8 Å². The summed E-state index contributed by atoms with van der Waals surface area (Å²) in [5.74, 6) is 0.932. The minimum absolute atomic E-state index is 0.126. The monoisotopic (exact) mass is 236 g/mol. The van der Waals surface area contributed by atoms with Gasteiger partial charge in [0.05, 0.1) is 5.60 Å². The van der Waals surface area contributed by atoms with Gasteiger partial charge in [-0.05, 0) is 43.9 Å². The smallest absolute Gasteiger partial charge is 0.139 e. The molecule has 3 rings (SSSR count). The van der Waals surface area contributed by atoms with E-state index in [0.717, 1.165) is 19.3 Å². The molecule has 96 valence electrons. The van der Waals surface area contributed by atoms with Gasteiger partial charge in [-0.15, -0.1) is 0 Å². The Labute approximate surface area is 104 Å². The zero-order valence-corrected chi connectivity index (χ0v) is 11.5. The van der Waals surface area contributed by atoms with Crippen molar-refractivity contribution in [1.29, 1.82) is 0 Å². The summed E-state index contributed by atoms with van der Waals surface area (Å²) < 4.78 is 0. The molecule has 3 aliphatic carbocycles. The van der Waals surface area contributed by atoms with E-state index < -0.39 is 5.60 Å². The number of hydrogen-bond donors (Lipinski definition) is 1. The van der Waals surface area contributed by atoms with Crippen LogP contribution in [0.4, 0.5) is 0 Å². The fourth-order valence-electron chi connectivity index (χ4n) is 5.78. The molecule has 0 saturated heterocycles. The second-order valence-electron chi connectivity index (χ2n) is 7.76. The van der Waals surface area contributed by atoms with E-state index in [1.165, 1.54) is 0 Å². The van der Waals surface area contributed by atoms with Crippen molar-refractivity contribution in [3.05, 3.63) is 0 Å². The Balaban J connectivity index is 2.14. The maximum atomic E-state index is 12.4. The number of carbonyl (C=O) groups excluding carboxylic acids is 1.